The molecule has 0 unspecified atom stereocenters. The minimum absolute atomic E-state index is 0.0865. The number of alkyl halides is 3. The van der Waals surface area contributed by atoms with Gasteiger partial charge >= 0.3 is 6.18 Å². The standard InChI is InChI=1S/C27H22BrClF3NO2/c1-34-24-12-16(11-22(28)26(24)35-14-15-5-8-18(29)9-6-15)25-20-4-2-3-19(20)21-13-17(27(30,31)32)7-10-23(21)33-25/h2-3,5-13,19-20,25,33H,4,14H2,1H3/t19-,20+,25+/m1/s1. The molecule has 3 aromatic carbocycles. The number of fused-ring (bicyclic) bond motifs is 3. The zero-order chi connectivity index (χ0) is 24.7. The van der Waals surface area contributed by atoms with Crippen LogP contribution in [-0.2, 0) is 12.8 Å². The van der Waals surface area contributed by atoms with Crippen LogP contribution in [0.1, 0.15) is 40.6 Å². The molecule has 0 fully saturated rings. The minimum Gasteiger partial charge on any atom is -0.493 e. The summed E-state index contributed by atoms with van der Waals surface area (Å²) in [7, 11) is 1.59. The molecule has 1 heterocycles. The Bertz CT molecular complexity index is 1280. The fourth-order valence-electron chi connectivity index (χ4n) is 4.90. The van der Waals surface area contributed by atoms with Crippen molar-refractivity contribution in [2.24, 2.45) is 5.92 Å². The number of anilines is 1. The molecule has 3 atom stereocenters. The Labute approximate surface area is 215 Å². The van der Waals surface area contributed by atoms with Crippen molar-refractivity contribution in [3.63, 3.8) is 0 Å². The van der Waals surface area contributed by atoms with Gasteiger partial charge in [-0.3, -0.25) is 0 Å². The second-order valence-corrected chi connectivity index (χ2v) is 10.0. The third-order valence-electron chi connectivity index (χ3n) is 6.60. The zero-order valence-corrected chi connectivity index (χ0v) is 21.0. The SMILES string of the molecule is COc1cc([C@@H]2Nc3ccc(C(F)(F)F)cc3[C@@H]3C=CC[C@@H]32)cc(Br)c1OCc1ccc(Cl)cc1. The molecule has 1 N–H and O–H groups in total. The van der Waals surface area contributed by atoms with Gasteiger partial charge in [-0.2, -0.15) is 13.2 Å². The molecule has 1 aliphatic carbocycles. The van der Waals surface area contributed by atoms with Crippen LogP contribution in [0.3, 0.4) is 0 Å². The Kier molecular flexibility index (Phi) is 6.49. The Morgan fingerprint density at radius 2 is 1.86 bits per heavy atom. The molecule has 0 spiro atoms. The molecule has 35 heavy (non-hydrogen) atoms. The van der Waals surface area contributed by atoms with Gasteiger partial charge in [-0.05, 0) is 87.4 Å². The molecule has 5 rings (SSSR count). The van der Waals surface area contributed by atoms with E-state index in [9.17, 15) is 13.2 Å². The summed E-state index contributed by atoms with van der Waals surface area (Å²) in [5.41, 5.74) is 2.72. The molecule has 0 aromatic heterocycles. The molecule has 0 bridgehead atoms. The second-order valence-electron chi connectivity index (χ2n) is 8.72. The van der Waals surface area contributed by atoms with E-state index >= 15 is 0 Å². The molecule has 3 nitrogen and oxygen atoms in total. The molecule has 3 aromatic rings. The van der Waals surface area contributed by atoms with Crippen molar-refractivity contribution in [2.45, 2.75) is 31.2 Å². The fourth-order valence-corrected chi connectivity index (χ4v) is 5.60. The first-order valence-electron chi connectivity index (χ1n) is 11.1. The van der Waals surface area contributed by atoms with E-state index < -0.39 is 11.7 Å². The van der Waals surface area contributed by atoms with E-state index in [-0.39, 0.29) is 17.9 Å². The summed E-state index contributed by atoms with van der Waals surface area (Å²) in [6.45, 7) is 0.344. The molecular formula is C27H22BrClF3NO2. The van der Waals surface area contributed by atoms with Gasteiger partial charge in [0, 0.05) is 16.6 Å². The van der Waals surface area contributed by atoms with Crippen molar-refractivity contribution in [1.82, 2.24) is 0 Å². The topological polar surface area (TPSA) is 30.5 Å². The normalized spacial score (nSPS) is 20.7. The number of hydrogen-bond acceptors (Lipinski definition) is 3. The van der Waals surface area contributed by atoms with Crippen molar-refractivity contribution >= 4 is 33.2 Å². The van der Waals surface area contributed by atoms with Crippen molar-refractivity contribution < 1.29 is 22.6 Å². The third kappa shape index (κ3) is 4.76. The van der Waals surface area contributed by atoms with Crippen LogP contribution < -0.4 is 14.8 Å². The smallest absolute Gasteiger partial charge is 0.416 e. The number of rotatable bonds is 5. The van der Waals surface area contributed by atoms with Gasteiger partial charge < -0.3 is 14.8 Å². The average Bonchev–Trinajstić information content (AvgIpc) is 3.33. The van der Waals surface area contributed by atoms with E-state index in [0.717, 1.165) is 28.1 Å². The molecule has 1 aliphatic heterocycles. The summed E-state index contributed by atoms with van der Waals surface area (Å²) in [4.78, 5) is 0. The monoisotopic (exact) mass is 563 g/mol. The van der Waals surface area contributed by atoms with E-state index in [4.69, 9.17) is 21.1 Å². The molecule has 0 radical (unpaired) electrons. The zero-order valence-electron chi connectivity index (χ0n) is 18.7. The van der Waals surface area contributed by atoms with E-state index in [1.807, 2.05) is 42.5 Å². The highest BCUT2D eigenvalue weighted by Crippen LogP contribution is 2.52. The Morgan fingerprint density at radius 1 is 1.09 bits per heavy atom. The van der Waals surface area contributed by atoms with Gasteiger partial charge in [-0.25, -0.2) is 0 Å². The van der Waals surface area contributed by atoms with Crippen LogP contribution in [0.5, 0.6) is 11.5 Å². The largest absolute Gasteiger partial charge is 0.493 e. The molecule has 0 saturated heterocycles. The maximum Gasteiger partial charge on any atom is 0.416 e. The first kappa shape index (κ1) is 24.1. The summed E-state index contributed by atoms with van der Waals surface area (Å²) in [6, 6.07) is 15.2. The predicted molar refractivity (Wildman–Crippen MR) is 134 cm³/mol. The summed E-state index contributed by atoms with van der Waals surface area (Å²) < 4.78 is 52.4. The van der Waals surface area contributed by atoms with Crippen LogP contribution in [0.25, 0.3) is 0 Å². The molecule has 2 aliphatic rings. The van der Waals surface area contributed by atoms with Gasteiger partial charge in [-0.1, -0.05) is 35.9 Å². The third-order valence-corrected chi connectivity index (χ3v) is 7.44. The van der Waals surface area contributed by atoms with Gasteiger partial charge in [0.15, 0.2) is 11.5 Å². The number of ether oxygens (including phenoxy) is 2. The first-order chi connectivity index (χ1) is 16.7. The number of halogens is 5. The second kappa shape index (κ2) is 9.43. The number of nitrogens with one attached hydrogen (secondary N) is 1. The maximum absolute atomic E-state index is 13.3. The molecular weight excluding hydrogens is 543 g/mol. The van der Waals surface area contributed by atoms with Crippen LogP contribution >= 0.6 is 27.5 Å². The van der Waals surface area contributed by atoms with Gasteiger partial charge in [0.2, 0.25) is 0 Å². The summed E-state index contributed by atoms with van der Waals surface area (Å²) in [6.07, 6.45) is 0.471. The quantitative estimate of drug-likeness (QED) is 0.315. The highest BCUT2D eigenvalue weighted by molar-refractivity contribution is 9.10. The lowest BCUT2D eigenvalue weighted by Gasteiger charge is -2.38. The van der Waals surface area contributed by atoms with Crippen LogP contribution in [-0.4, -0.2) is 7.11 Å². The minimum atomic E-state index is -4.37. The van der Waals surface area contributed by atoms with Crippen LogP contribution in [0.4, 0.5) is 18.9 Å². The van der Waals surface area contributed by atoms with Gasteiger partial charge in [0.05, 0.1) is 23.2 Å². The fraction of sp³-hybridized carbons (Fsp3) is 0.259. The van der Waals surface area contributed by atoms with Gasteiger partial charge in [-0.15, -0.1) is 0 Å². The number of allylic oxidation sites excluding steroid dienone is 2. The summed E-state index contributed by atoms with van der Waals surface area (Å²) in [5.74, 6) is 1.15. The van der Waals surface area contributed by atoms with Crippen molar-refractivity contribution in [2.75, 3.05) is 12.4 Å². The highest BCUT2D eigenvalue weighted by atomic mass is 79.9. The lowest BCUT2D eigenvalue weighted by molar-refractivity contribution is -0.137. The van der Waals surface area contributed by atoms with Gasteiger partial charge in [0.25, 0.3) is 0 Å². The lowest BCUT2D eigenvalue weighted by Crippen LogP contribution is -2.29. The highest BCUT2D eigenvalue weighted by Gasteiger charge is 2.40. The van der Waals surface area contributed by atoms with Crippen molar-refractivity contribution in [3.8, 4) is 11.5 Å². The Balaban J connectivity index is 1.45. The van der Waals surface area contributed by atoms with Crippen LogP contribution in [0.15, 0.2) is 71.2 Å². The maximum atomic E-state index is 13.3. The average molecular weight is 565 g/mol. The summed E-state index contributed by atoms with van der Waals surface area (Å²) in [5, 5.41) is 4.15. The molecule has 8 heteroatoms. The van der Waals surface area contributed by atoms with E-state index in [1.165, 1.54) is 12.1 Å². The van der Waals surface area contributed by atoms with Crippen LogP contribution in [0.2, 0.25) is 5.02 Å². The lowest BCUT2D eigenvalue weighted by atomic mass is 9.76. The first-order valence-corrected chi connectivity index (χ1v) is 12.3. The number of methoxy groups -OCH3 is 1. The Morgan fingerprint density at radius 3 is 2.57 bits per heavy atom. The summed E-state index contributed by atoms with van der Waals surface area (Å²) >= 11 is 9.59. The van der Waals surface area contributed by atoms with Crippen LogP contribution in [0, 0.1) is 5.92 Å². The van der Waals surface area contributed by atoms with Crippen molar-refractivity contribution in [1.29, 1.82) is 0 Å². The molecule has 0 saturated carbocycles. The van der Waals surface area contributed by atoms with Crippen molar-refractivity contribution in [3.05, 3.63) is 98.5 Å². The van der Waals surface area contributed by atoms with E-state index in [2.05, 4.69) is 27.3 Å². The molecule has 182 valence electrons. The number of hydrogen-bond donors (Lipinski definition) is 1. The van der Waals surface area contributed by atoms with E-state index in [1.54, 1.807) is 7.11 Å². The van der Waals surface area contributed by atoms with Gasteiger partial charge in [0.1, 0.15) is 6.61 Å². The Hall–Kier alpha value is -2.64. The molecule has 0 amide bonds. The predicted octanol–water partition coefficient (Wildman–Crippen LogP) is 8.54. The number of benzene rings is 3. The van der Waals surface area contributed by atoms with E-state index in [0.29, 0.717) is 34.4 Å².